The minimum absolute atomic E-state index is 0.0766. The molecule has 0 saturated carbocycles. The quantitative estimate of drug-likeness (QED) is 0.898. The van der Waals surface area contributed by atoms with Gasteiger partial charge in [-0.3, -0.25) is 0 Å². The average Bonchev–Trinajstić information content (AvgIpc) is 2.96. The number of carboxylic acids is 1. The zero-order valence-corrected chi connectivity index (χ0v) is 14.6. The van der Waals surface area contributed by atoms with Crippen LogP contribution in [0.15, 0.2) is 18.2 Å². The molecule has 25 heavy (non-hydrogen) atoms. The highest BCUT2D eigenvalue weighted by atomic mass is 16.6. The van der Waals surface area contributed by atoms with Crippen molar-refractivity contribution in [3.63, 3.8) is 0 Å². The molecule has 1 saturated heterocycles. The Balaban J connectivity index is 1.73. The summed E-state index contributed by atoms with van der Waals surface area (Å²) in [6.07, 6.45) is 1.13. The van der Waals surface area contributed by atoms with E-state index in [1.54, 1.807) is 21.7 Å². The summed E-state index contributed by atoms with van der Waals surface area (Å²) in [6, 6.07) is 4.86. The summed E-state index contributed by atoms with van der Waals surface area (Å²) in [5.74, 6) is -0.977. The van der Waals surface area contributed by atoms with E-state index in [1.165, 1.54) is 6.07 Å². The maximum absolute atomic E-state index is 12.1. The molecule has 1 aliphatic rings. The third-order valence-corrected chi connectivity index (χ3v) is 4.18. The number of rotatable bonds is 2. The van der Waals surface area contributed by atoms with Gasteiger partial charge in [-0.25, -0.2) is 14.3 Å². The van der Waals surface area contributed by atoms with Gasteiger partial charge in [-0.15, -0.1) is 5.10 Å². The number of hydrogen-bond acceptors (Lipinski definition) is 5. The lowest BCUT2D eigenvalue weighted by molar-refractivity contribution is 0.0185. The van der Waals surface area contributed by atoms with Gasteiger partial charge in [0.1, 0.15) is 11.1 Å². The van der Waals surface area contributed by atoms with Crippen LogP contribution in [0.25, 0.3) is 11.0 Å². The van der Waals surface area contributed by atoms with Gasteiger partial charge in [0.05, 0.1) is 17.1 Å². The lowest BCUT2D eigenvalue weighted by Gasteiger charge is -2.33. The minimum atomic E-state index is -0.977. The van der Waals surface area contributed by atoms with Crippen molar-refractivity contribution >= 4 is 23.1 Å². The fraction of sp³-hybridized carbons (Fsp3) is 0.529. The zero-order chi connectivity index (χ0) is 18.2. The Hall–Kier alpha value is -2.64. The van der Waals surface area contributed by atoms with Crippen molar-refractivity contribution in [1.29, 1.82) is 0 Å². The Morgan fingerprint density at radius 1 is 1.24 bits per heavy atom. The van der Waals surface area contributed by atoms with Gasteiger partial charge in [-0.1, -0.05) is 5.21 Å². The topological polar surface area (TPSA) is 97.5 Å². The number of piperidine rings is 1. The van der Waals surface area contributed by atoms with Crippen LogP contribution >= 0.6 is 0 Å². The van der Waals surface area contributed by atoms with Crippen LogP contribution < -0.4 is 0 Å². The number of carboxylic acid groups (broad SMARTS) is 1. The first-order valence-electron chi connectivity index (χ1n) is 8.31. The predicted octanol–water partition coefficient (Wildman–Crippen LogP) is 2.70. The van der Waals surface area contributed by atoms with Gasteiger partial charge >= 0.3 is 12.1 Å². The number of aromatic nitrogens is 3. The van der Waals surface area contributed by atoms with Crippen LogP contribution in [0.5, 0.6) is 0 Å². The maximum Gasteiger partial charge on any atom is 0.410 e. The summed E-state index contributed by atoms with van der Waals surface area (Å²) in [4.78, 5) is 25.0. The molecule has 1 aromatic heterocycles. The lowest BCUT2D eigenvalue weighted by Crippen LogP contribution is -2.42. The number of aromatic carboxylic acids is 1. The van der Waals surface area contributed by atoms with E-state index in [2.05, 4.69) is 10.3 Å². The number of ether oxygens (including phenoxy) is 1. The zero-order valence-electron chi connectivity index (χ0n) is 14.6. The number of amides is 1. The Labute approximate surface area is 145 Å². The monoisotopic (exact) mass is 346 g/mol. The summed E-state index contributed by atoms with van der Waals surface area (Å²) in [5, 5.41) is 17.5. The van der Waals surface area contributed by atoms with Crippen molar-refractivity contribution in [3.05, 3.63) is 23.8 Å². The first-order valence-corrected chi connectivity index (χ1v) is 8.31. The lowest BCUT2D eigenvalue weighted by atomic mass is 10.1. The molecule has 1 amide bonds. The summed E-state index contributed by atoms with van der Waals surface area (Å²) < 4.78 is 7.17. The van der Waals surface area contributed by atoms with Crippen LogP contribution in [0.1, 0.15) is 50.0 Å². The highest BCUT2D eigenvalue weighted by molar-refractivity contribution is 5.92. The van der Waals surface area contributed by atoms with Crippen LogP contribution in [-0.4, -0.2) is 55.8 Å². The Morgan fingerprint density at radius 3 is 2.52 bits per heavy atom. The van der Waals surface area contributed by atoms with Gasteiger partial charge in [-0.05, 0) is 51.8 Å². The van der Waals surface area contributed by atoms with E-state index in [0.29, 0.717) is 24.1 Å². The van der Waals surface area contributed by atoms with Crippen LogP contribution in [0, 0.1) is 0 Å². The number of nitrogens with zero attached hydrogens (tertiary/aromatic N) is 4. The maximum atomic E-state index is 12.1. The Morgan fingerprint density at radius 2 is 1.92 bits per heavy atom. The molecule has 1 N–H and O–H groups in total. The standard InChI is InChI=1S/C17H22N4O4/c1-17(2,3)25-16(24)20-8-6-12(7-9-20)21-14-10-11(15(22)23)4-5-13(14)18-19-21/h4-5,10,12H,6-9H2,1-3H3,(H,22,23). The first-order chi connectivity index (χ1) is 11.7. The molecule has 0 aliphatic carbocycles. The van der Waals surface area contributed by atoms with Crippen molar-refractivity contribution in [2.75, 3.05) is 13.1 Å². The summed E-state index contributed by atoms with van der Waals surface area (Å²) >= 11 is 0. The van der Waals surface area contributed by atoms with E-state index < -0.39 is 11.6 Å². The fourth-order valence-corrected chi connectivity index (χ4v) is 2.96. The van der Waals surface area contributed by atoms with Gasteiger partial charge < -0.3 is 14.7 Å². The van der Waals surface area contributed by atoms with E-state index in [4.69, 9.17) is 9.84 Å². The van der Waals surface area contributed by atoms with E-state index >= 15 is 0 Å². The van der Waals surface area contributed by atoms with Crippen molar-refractivity contribution in [1.82, 2.24) is 19.9 Å². The van der Waals surface area contributed by atoms with Gasteiger partial charge in [0.2, 0.25) is 0 Å². The van der Waals surface area contributed by atoms with E-state index in [0.717, 1.165) is 12.8 Å². The van der Waals surface area contributed by atoms with Gasteiger partial charge in [0, 0.05) is 13.1 Å². The Bertz CT molecular complexity index is 801. The molecule has 0 spiro atoms. The first kappa shape index (κ1) is 17.2. The fourth-order valence-electron chi connectivity index (χ4n) is 2.96. The second-order valence-electron chi connectivity index (χ2n) is 7.24. The second kappa shape index (κ2) is 6.34. The van der Waals surface area contributed by atoms with Crippen LogP contribution in [0.2, 0.25) is 0 Å². The molecule has 2 heterocycles. The van der Waals surface area contributed by atoms with Crippen LogP contribution in [0.4, 0.5) is 4.79 Å². The molecule has 8 heteroatoms. The molecule has 0 radical (unpaired) electrons. The molecule has 0 unspecified atom stereocenters. The largest absolute Gasteiger partial charge is 0.478 e. The average molecular weight is 346 g/mol. The molecule has 134 valence electrons. The van der Waals surface area contributed by atoms with Crippen molar-refractivity contribution in [2.45, 2.75) is 45.3 Å². The summed E-state index contributed by atoms with van der Waals surface area (Å²) in [7, 11) is 0. The molecule has 0 atom stereocenters. The highest BCUT2D eigenvalue weighted by Gasteiger charge is 2.28. The van der Waals surface area contributed by atoms with E-state index in [9.17, 15) is 9.59 Å². The SMILES string of the molecule is CC(C)(C)OC(=O)N1CCC(n2nnc3ccc(C(=O)O)cc32)CC1. The van der Waals surface area contributed by atoms with Crippen molar-refractivity contribution < 1.29 is 19.4 Å². The van der Waals surface area contributed by atoms with E-state index in [-0.39, 0.29) is 17.7 Å². The molecular formula is C17H22N4O4. The van der Waals surface area contributed by atoms with E-state index in [1.807, 2.05) is 20.8 Å². The molecule has 1 fully saturated rings. The molecule has 1 aliphatic heterocycles. The summed E-state index contributed by atoms with van der Waals surface area (Å²) in [5.41, 5.74) is 1.07. The Kier molecular flexibility index (Phi) is 4.36. The number of carbonyl (C=O) groups is 2. The predicted molar refractivity (Wildman–Crippen MR) is 90.6 cm³/mol. The number of benzene rings is 1. The number of likely N-dealkylation sites (tertiary alicyclic amines) is 1. The molecule has 3 rings (SSSR count). The van der Waals surface area contributed by atoms with Crippen LogP contribution in [0.3, 0.4) is 0 Å². The van der Waals surface area contributed by atoms with Crippen molar-refractivity contribution in [3.8, 4) is 0 Å². The minimum Gasteiger partial charge on any atom is -0.478 e. The van der Waals surface area contributed by atoms with Crippen LogP contribution in [-0.2, 0) is 4.74 Å². The summed E-state index contributed by atoms with van der Waals surface area (Å²) in [6.45, 7) is 6.68. The molecule has 0 bridgehead atoms. The molecule has 8 nitrogen and oxygen atoms in total. The normalized spacial score (nSPS) is 16.2. The molecule has 1 aromatic carbocycles. The third-order valence-electron chi connectivity index (χ3n) is 4.18. The number of fused-ring (bicyclic) bond motifs is 1. The van der Waals surface area contributed by atoms with Gasteiger partial charge in [-0.2, -0.15) is 0 Å². The number of hydrogen-bond donors (Lipinski definition) is 1. The van der Waals surface area contributed by atoms with Gasteiger partial charge in [0.15, 0.2) is 0 Å². The third kappa shape index (κ3) is 3.72. The van der Waals surface area contributed by atoms with Gasteiger partial charge in [0.25, 0.3) is 0 Å². The second-order valence-corrected chi connectivity index (χ2v) is 7.24. The molecular weight excluding hydrogens is 324 g/mol. The smallest absolute Gasteiger partial charge is 0.410 e. The molecule has 2 aromatic rings. The number of carbonyl (C=O) groups excluding carboxylic acids is 1. The highest BCUT2D eigenvalue weighted by Crippen LogP contribution is 2.26. The van der Waals surface area contributed by atoms with Crippen molar-refractivity contribution in [2.24, 2.45) is 0 Å².